The van der Waals surface area contributed by atoms with E-state index in [0.717, 1.165) is 35.4 Å². The number of ketones is 1. The number of hydrogen-bond donors (Lipinski definition) is 0. The minimum absolute atomic E-state index is 0.0489. The van der Waals surface area contributed by atoms with Crippen LogP contribution in [0.1, 0.15) is 40.2 Å². The second kappa shape index (κ2) is 8.22. The van der Waals surface area contributed by atoms with Crippen LogP contribution in [-0.2, 0) is 0 Å². The molecule has 2 atom stereocenters. The molecular weight excluding hydrogens is 346 g/mol. The fourth-order valence-corrected chi connectivity index (χ4v) is 3.85. The predicted octanol–water partition coefficient (Wildman–Crippen LogP) is 5.31. The van der Waals surface area contributed by atoms with Gasteiger partial charge in [0.15, 0.2) is 5.78 Å². The topological polar surface area (TPSA) is 38.7 Å². The highest BCUT2D eigenvalue weighted by atomic mass is 16.5. The lowest BCUT2D eigenvalue weighted by atomic mass is 9.84. The molecule has 140 valence electrons. The van der Waals surface area contributed by atoms with Gasteiger partial charge in [0.2, 0.25) is 0 Å². The van der Waals surface area contributed by atoms with Crippen LogP contribution in [0, 0.1) is 0 Å². The van der Waals surface area contributed by atoms with Crippen molar-refractivity contribution in [2.75, 3.05) is 7.11 Å². The molecule has 3 nitrogen and oxygen atoms in total. The van der Waals surface area contributed by atoms with E-state index in [1.54, 1.807) is 7.11 Å². The van der Waals surface area contributed by atoms with Crippen LogP contribution >= 0.6 is 0 Å². The van der Waals surface area contributed by atoms with E-state index in [-0.39, 0.29) is 17.7 Å². The number of nitrogens with zero attached hydrogens (tertiary/aromatic N) is 1. The lowest BCUT2D eigenvalue weighted by Gasteiger charge is -2.21. The summed E-state index contributed by atoms with van der Waals surface area (Å²) in [4.78, 5) is 18.5. The summed E-state index contributed by atoms with van der Waals surface area (Å²) >= 11 is 0. The van der Waals surface area contributed by atoms with Gasteiger partial charge in [-0.1, -0.05) is 60.7 Å². The van der Waals surface area contributed by atoms with E-state index in [1.165, 1.54) is 0 Å². The monoisotopic (exact) mass is 369 g/mol. The quantitative estimate of drug-likeness (QED) is 0.552. The van der Waals surface area contributed by atoms with Gasteiger partial charge in [0, 0.05) is 11.3 Å². The molecule has 0 bridgehead atoms. The molecule has 1 unspecified atom stereocenters. The molecule has 1 heterocycles. The van der Waals surface area contributed by atoms with Crippen molar-refractivity contribution >= 4 is 11.5 Å². The number of aliphatic imine (C=N–C) groups is 1. The largest absolute Gasteiger partial charge is 0.497 e. The smallest absolute Gasteiger partial charge is 0.172 e. The summed E-state index contributed by atoms with van der Waals surface area (Å²) < 4.78 is 5.22. The molecule has 0 aromatic heterocycles. The van der Waals surface area contributed by atoms with Gasteiger partial charge in [0.1, 0.15) is 5.75 Å². The predicted molar refractivity (Wildman–Crippen MR) is 113 cm³/mol. The normalized spacial score (nSPS) is 17.0. The minimum Gasteiger partial charge on any atom is -0.497 e. The number of carbonyl (C=O) groups excluding carboxylic acids is 1. The molecule has 0 saturated carbocycles. The maximum atomic E-state index is 13.5. The highest BCUT2D eigenvalue weighted by molar-refractivity contribution is 6.04. The van der Waals surface area contributed by atoms with Crippen LogP contribution < -0.4 is 4.74 Å². The van der Waals surface area contributed by atoms with Crippen LogP contribution in [-0.4, -0.2) is 24.6 Å². The van der Waals surface area contributed by atoms with Gasteiger partial charge in [-0.3, -0.25) is 9.79 Å². The molecule has 1 aliphatic heterocycles. The zero-order chi connectivity index (χ0) is 19.3. The molecule has 0 amide bonds. The number of methoxy groups -OCH3 is 1. The van der Waals surface area contributed by atoms with Gasteiger partial charge < -0.3 is 4.74 Å². The van der Waals surface area contributed by atoms with Crippen LogP contribution in [0.2, 0.25) is 0 Å². The molecule has 0 saturated heterocycles. The van der Waals surface area contributed by atoms with Crippen LogP contribution in [0.25, 0.3) is 0 Å². The molecule has 0 fully saturated rings. The third-order valence-corrected chi connectivity index (χ3v) is 5.31. The zero-order valence-corrected chi connectivity index (χ0v) is 15.9. The number of benzene rings is 3. The van der Waals surface area contributed by atoms with Gasteiger partial charge in [-0.05, 0) is 48.2 Å². The van der Waals surface area contributed by atoms with Crippen LogP contribution in [0.4, 0.5) is 0 Å². The summed E-state index contributed by atoms with van der Waals surface area (Å²) in [6.45, 7) is 0. The summed E-state index contributed by atoms with van der Waals surface area (Å²) in [5.74, 6) is 0.575. The fraction of sp³-hybridized carbons (Fsp3) is 0.200. The molecule has 4 rings (SSSR count). The minimum atomic E-state index is -0.282. The summed E-state index contributed by atoms with van der Waals surface area (Å²) in [7, 11) is 1.63. The van der Waals surface area contributed by atoms with Gasteiger partial charge >= 0.3 is 0 Å². The molecule has 0 radical (unpaired) electrons. The Morgan fingerprint density at radius 1 is 0.929 bits per heavy atom. The number of hydrogen-bond acceptors (Lipinski definition) is 3. The average molecular weight is 369 g/mol. The van der Waals surface area contributed by atoms with Crippen LogP contribution in [0.5, 0.6) is 5.75 Å². The van der Waals surface area contributed by atoms with Crippen molar-refractivity contribution in [3.63, 3.8) is 0 Å². The lowest BCUT2D eigenvalue weighted by molar-refractivity contribution is 0.0947. The van der Waals surface area contributed by atoms with Crippen molar-refractivity contribution in [3.8, 4) is 5.75 Å². The van der Waals surface area contributed by atoms with Gasteiger partial charge in [-0.15, -0.1) is 0 Å². The van der Waals surface area contributed by atoms with Crippen LogP contribution in [0.3, 0.4) is 0 Å². The molecule has 0 N–H and O–H groups in total. The number of Topliss-reactive ketones (excluding diaryl/α,β-unsaturated/α-hetero) is 1. The first-order chi connectivity index (χ1) is 13.8. The van der Waals surface area contributed by atoms with Crippen LogP contribution in [0.15, 0.2) is 89.9 Å². The third-order valence-electron chi connectivity index (χ3n) is 5.31. The Hall–Kier alpha value is -3.20. The zero-order valence-electron chi connectivity index (χ0n) is 15.9. The van der Waals surface area contributed by atoms with Crippen molar-refractivity contribution in [3.05, 3.63) is 102 Å². The van der Waals surface area contributed by atoms with E-state index in [9.17, 15) is 4.79 Å². The van der Waals surface area contributed by atoms with Gasteiger partial charge in [-0.25, -0.2) is 0 Å². The van der Waals surface area contributed by atoms with Gasteiger partial charge in [0.25, 0.3) is 0 Å². The Morgan fingerprint density at radius 2 is 1.57 bits per heavy atom. The first-order valence-electron chi connectivity index (χ1n) is 9.61. The molecule has 0 spiro atoms. The first kappa shape index (κ1) is 18.2. The van der Waals surface area contributed by atoms with Crippen molar-refractivity contribution in [1.82, 2.24) is 0 Å². The van der Waals surface area contributed by atoms with Crippen molar-refractivity contribution in [2.24, 2.45) is 4.99 Å². The Morgan fingerprint density at radius 3 is 2.21 bits per heavy atom. The molecule has 0 aliphatic carbocycles. The number of carbonyl (C=O) groups is 1. The summed E-state index contributed by atoms with van der Waals surface area (Å²) in [5, 5.41) is 0. The summed E-state index contributed by atoms with van der Waals surface area (Å²) in [6, 6.07) is 27.6. The number of rotatable bonds is 6. The maximum Gasteiger partial charge on any atom is 0.172 e. The second-order valence-corrected chi connectivity index (χ2v) is 7.03. The molecule has 1 aliphatic rings. The molecule has 3 heteroatoms. The Balaban J connectivity index is 1.68. The molecule has 28 heavy (non-hydrogen) atoms. The second-order valence-electron chi connectivity index (χ2n) is 7.03. The Kier molecular flexibility index (Phi) is 5.34. The highest BCUT2D eigenvalue weighted by Crippen LogP contribution is 2.33. The standard InChI is InChI=1S/C25H23NO2/c1-28-21-14-12-20(13-15-21)25(27)24(19-10-6-3-7-11-19)23-17-16-22(26-23)18-8-4-2-5-9-18/h2-15,23-24H,16-17H2,1H3/t23?,24-/m1/s1. The highest BCUT2D eigenvalue weighted by Gasteiger charge is 2.33. The van der Waals surface area contributed by atoms with E-state index in [2.05, 4.69) is 12.1 Å². The van der Waals surface area contributed by atoms with E-state index < -0.39 is 0 Å². The van der Waals surface area contributed by atoms with E-state index in [4.69, 9.17) is 9.73 Å². The van der Waals surface area contributed by atoms with E-state index in [0.29, 0.717) is 5.56 Å². The van der Waals surface area contributed by atoms with E-state index in [1.807, 2.05) is 72.8 Å². The summed E-state index contributed by atoms with van der Waals surface area (Å²) in [5.41, 5.74) is 3.95. The lowest BCUT2D eigenvalue weighted by Crippen LogP contribution is -2.23. The average Bonchev–Trinajstić information content (AvgIpc) is 3.25. The third kappa shape index (κ3) is 3.74. The van der Waals surface area contributed by atoms with Gasteiger partial charge in [-0.2, -0.15) is 0 Å². The Labute approximate surface area is 165 Å². The van der Waals surface area contributed by atoms with Crippen molar-refractivity contribution < 1.29 is 9.53 Å². The fourth-order valence-electron chi connectivity index (χ4n) is 3.85. The molecular formula is C25H23NO2. The van der Waals surface area contributed by atoms with E-state index >= 15 is 0 Å². The Bertz CT molecular complexity index is 962. The molecule has 3 aromatic carbocycles. The van der Waals surface area contributed by atoms with Gasteiger partial charge in [0.05, 0.1) is 19.1 Å². The summed E-state index contributed by atoms with van der Waals surface area (Å²) in [6.07, 6.45) is 1.78. The van der Waals surface area contributed by atoms with Crippen molar-refractivity contribution in [1.29, 1.82) is 0 Å². The van der Waals surface area contributed by atoms with Crippen molar-refractivity contribution in [2.45, 2.75) is 24.8 Å². The molecule has 3 aromatic rings. The maximum absolute atomic E-state index is 13.5. The number of ether oxygens (including phenoxy) is 1. The SMILES string of the molecule is COc1ccc(C(=O)[C@H](c2ccccc2)C2CCC(c3ccccc3)=N2)cc1. The first-order valence-corrected chi connectivity index (χ1v) is 9.61.